The Balaban J connectivity index is 2.38. The fraction of sp³-hybridized carbons (Fsp3) is 0.235. The highest BCUT2D eigenvalue weighted by Gasteiger charge is 2.14. The van der Waals surface area contributed by atoms with Crippen LogP contribution in [0.25, 0.3) is 0 Å². The molecule has 0 fully saturated rings. The van der Waals surface area contributed by atoms with Gasteiger partial charge in [0.05, 0.1) is 5.56 Å². The van der Waals surface area contributed by atoms with Crippen LogP contribution >= 0.6 is 11.6 Å². The molecule has 0 spiro atoms. The molecular weight excluding hydrogens is 284 g/mol. The van der Waals surface area contributed by atoms with Gasteiger partial charge in [-0.3, -0.25) is 4.79 Å². The summed E-state index contributed by atoms with van der Waals surface area (Å²) in [7, 11) is 0. The standard InChI is InChI=1S/C17H19ClN2O/c1-3-11-6-5-7-12(4-2)16(11)20-17(21)14-10-13(18)8-9-15(14)19/h5-10H,3-4,19H2,1-2H3,(H,20,21). The number of nitrogen functional groups attached to an aromatic ring is 1. The maximum Gasteiger partial charge on any atom is 0.257 e. The van der Waals surface area contributed by atoms with Crippen LogP contribution in [0.1, 0.15) is 35.3 Å². The first-order valence-corrected chi connectivity index (χ1v) is 7.41. The van der Waals surface area contributed by atoms with Gasteiger partial charge in [-0.2, -0.15) is 0 Å². The maximum absolute atomic E-state index is 12.5. The molecule has 0 saturated carbocycles. The third kappa shape index (κ3) is 3.37. The molecule has 1 amide bonds. The number of halogens is 1. The molecule has 4 heteroatoms. The normalized spacial score (nSPS) is 10.4. The van der Waals surface area contributed by atoms with Crippen molar-refractivity contribution in [1.82, 2.24) is 0 Å². The van der Waals surface area contributed by atoms with Gasteiger partial charge >= 0.3 is 0 Å². The van der Waals surface area contributed by atoms with Crippen LogP contribution in [0, 0.1) is 0 Å². The van der Waals surface area contributed by atoms with Crippen LogP contribution < -0.4 is 11.1 Å². The first-order chi connectivity index (χ1) is 10.1. The predicted molar refractivity (Wildman–Crippen MR) is 89.0 cm³/mol. The van der Waals surface area contributed by atoms with Gasteiger partial charge < -0.3 is 11.1 Å². The molecule has 0 aromatic heterocycles. The van der Waals surface area contributed by atoms with E-state index in [2.05, 4.69) is 19.2 Å². The molecule has 3 nitrogen and oxygen atoms in total. The van der Waals surface area contributed by atoms with Gasteiger partial charge in [0.2, 0.25) is 0 Å². The Morgan fingerprint density at radius 1 is 1.14 bits per heavy atom. The summed E-state index contributed by atoms with van der Waals surface area (Å²) in [5.74, 6) is -0.231. The van der Waals surface area contributed by atoms with Gasteiger partial charge in [-0.25, -0.2) is 0 Å². The van der Waals surface area contributed by atoms with E-state index in [1.165, 1.54) is 0 Å². The molecule has 0 radical (unpaired) electrons. The minimum atomic E-state index is -0.231. The van der Waals surface area contributed by atoms with Gasteiger partial charge in [0.15, 0.2) is 0 Å². The summed E-state index contributed by atoms with van der Waals surface area (Å²) in [5, 5.41) is 3.48. The maximum atomic E-state index is 12.5. The van der Waals surface area contributed by atoms with Crippen LogP contribution in [0.3, 0.4) is 0 Å². The molecule has 0 aliphatic rings. The van der Waals surface area contributed by atoms with Crippen molar-refractivity contribution in [2.24, 2.45) is 0 Å². The highest BCUT2D eigenvalue weighted by molar-refractivity contribution is 6.31. The molecule has 21 heavy (non-hydrogen) atoms. The van der Waals surface area contributed by atoms with Gasteiger partial charge in [0.1, 0.15) is 0 Å². The van der Waals surface area contributed by atoms with E-state index in [4.69, 9.17) is 17.3 Å². The number of hydrogen-bond acceptors (Lipinski definition) is 2. The van der Waals surface area contributed by atoms with Crippen molar-refractivity contribution in [1.29, 1.82) is 0 Å². The Morgan fingerprint density at radius 3 is 2.33 bits per heavy atom. The van der Waals surface area contributed by atoms with Crippen LogP contribution in [-0.2, 0) is 12.8 Å². The van der Waals surface area contributed by atoms with Gasteiger partial charge in [0, 0.05) is 16.4 Å². The molecular formula is C17H19ClN2O. The first kappa shape index (κ1) is 15.4. The average molecular weight is 303 g/mol. The Labute approximate surface area is 130 Å². The van der Waals surface area contributed by atoms with E-state index >= 15 is 0 Å². The Morgan fingerprint density at radius 2 is 1.76 bits per heavy atom. The highest BCUT2D eigenvalue weighted by Crippen LogP contribution is 2.25. The number of hydrogen-bond donors (Lipinski definition) is 2. The monoisotopic (exact) mass is 302 g/mol. The van der Waals surface area contributed by atoms with Crippen molar-refractivity contribution in [3.8, 4) is 0 Å². The number of benzene rings is 2. The average Bonchev–Trinajstić information content (AvgIpc) is 2.49. The summed E-state index contributed by atoms with van der Waals surface area (Å²) in [6, 6.07) is 11.0. The lowest BCUT2D eigenvalue weighted by molar-refractivity contribution is 0.102. The lowest BCUT2D eigenvalue weighted by atomic mass is 10.0. The molecule has 0 heterocycles. The Bertz CT molecular complexity index is 646. The van der Waals surface area contributed by atoms with Crippen molar-refractivity contribution in [2.45, 2.75) is 26.7 Å². The third-order valence-electron chi connectivity index (χ3n) is 3.50. The SMILES string of the molecule is CCc1cccc(CC)c1NC(=O)c1cc(Cl)ccc1N. The minimum Gasteiger partial charge on any atom is -0.398 e. The molecule has 0 bridgehead atoms. The van der Waals surface area contributed by atoms with Crippen LogP contribution in [0.2, 0.25) is 5.02 Å². The van der Waals surface area contributed by atoms with Crippen molar-refractivity contribution >= 4 is 28.9 Å². The summed E-state index contributed by atoms with van der Waals surface area (Å²) in [6.45, 7) is 4.14. The quantitative estimate of drug-likeness (QED) is 0.827. The third-order valence-corrected chi connectivity index (χ3v) is 3.73. The number of carbonyl (C=O) groups is 1. The fourth-order valence-corrected chi connectivity index (χ4v) is 2.48. The molecule has 0 aliphatic heterocycles. The van der Waals surface area contributed by atoms with E-state index in [1.54, 1.807) is 18.2 Å². The Hall–Kier alpha value is -2.00. The van der Waals surface area contributed by atoms with E-state index in [9.17, 15) is 4.79 Å². The van der Waals surface area contributed by atoms with E-state index in [0.717, 1.165) is 29.7 Å². The molecule has 0 atom stereocenters. The predicted octanol–water partition coefficient (Wildman–Crippen LogP) is 4.30. The number of para-hydroxylation sites is 1. The molecule has 2 aromatic carbocycles. The van der Waals surface area contributed by atoms with Gasteiger partial charge in [-0.15, -0.1) is 0 Å². The first-order valence-electron chi connectivity index (χ1n) is 7.04. The highest BCUT2D eigenvalue weighted by atomic mass is 35.5. The van der Waals surface area contributed by atoms with E-state index in [1.807, 2.05) is 18.2 Å². The second-order valence-electron chi connectivity index (χ2n) is 4.84. The van der Waals surface area contributed by atoms with Crippen molar-refractivity contribution in [3.05, 3.63) is 58.1 Å². The van der Waals surface area contributed by atoms with E-state index < -0.39 is 0 Å². The number of nitrogens with two attached hydrogens (primary N) is 1. The van der Waals surface area contributed by atoms with Crippen LogP contribution in [-0.4, -0.2) is 5.91 Å². The number of amides is 1. The molecule has 110 valence electrons. The van der Waals surface area contributed by atoms with E-state index in [0.29, 0.717) is 16.3 Å². The van der Waals surface area contributed by atoms with E-state index in [-0.39, 0.29) is 5.91 Å². The number of rotatable bonds is 4. The molecule has 2 aromatic rings. The summed E-state index contributed by atoms with van der Waals surface area (Å²) >= 11 is 5.95. The molecule has 3 N–H and O–H groups in total. The zero-order chi connectivity index (χ0) is 15.4. The minimum absolute atomic E-state index is 0.231. The summed E-state index contributed by atoms with van der Waals surface area (Å²) in [4.78, 5) is 12.5. The fourth-order valence-electron chi connectivity index (χ4n) is 2.31. The topological polar surface area (TPSA) is 55.1 Å². The number of anilines is 2. The summed E-state index contributed by atoms with van der Waals surface area (Å²) in [6.07, 6.45) is 1.71. The molecule has 2 rings (SSSR count). The van der Waals surface area contributed by atoms with Gasteiger partial charge in [-0.1, -0.05) is 43.6 Å². The van der Waals surface area contributed by atoms with Crippen molar-refractivity contribution < 1.29 is 4.79 Å². The molecule has 0 unspecified atom stereocenters. The van der Waals surface area contributed by atoms with Crippen molar-refractivity contribution in [3.63, 3.8) is 0 Å². The largest absolute Gasteiger partial charge is 0.398 e. The summed E-state index contributed by atoms with van der Waals surface area (Å²) < 4.78 is 0. The van der Waals surface area contributed by atoms with Gasteiger partial charge in [-0.05, 0) is 42.2 Å². The Kier molecular flexibility index (Phi) is 4.86. The second kappa shape index (κ2) is 6.64. The number of nitrogens with one attached hydrogen (secondary N) is 1. The summed E-state index contributed by atoms with van der Waals surface area (Å²) in [5.41, 5.74) is 9.79. The van der Waals surface area contributed by atoms with Gasteiger partial charge in [0.25, 0.3) is 5.91 Å². The second-order valence-corrected chi connectivity index (χ2v) is 5.28. The van der Waals surface area contributed by atoms with Crippen LogP contribution in [0.4, 0.5) is 11.4 Å². The lowest BCUT2D eigenvalue weighted by Gasteiger charge is -2.15. The van der Waals surface area contributed by atoms with Crippen LogP contribution in [0.5, 0.6) is 0 Å². The zero-order valence-corrected chi connectivity index (χ0v) is 13.0. The zero-order valence-electron chi connectivity index (χ0n) is 12.2. The number of aryl methyl sites for hydroxylation is 2. The van der Waals surface area contributed by atoms with Crippen molar-refractivity contribution in [2.75, 3.05) is 11.1 Å². The smallest absolute Gasteiger partial charge is 0.257 e. The number of carbonyl (C=O) groups excluding carboxylic acids is 1. The molecule has 0 saturated heterocycles. The lowest BCUT2D eigenvalue weighted by Crippen LogP contribution is -2.16. The van der Waals surface area contributed by atoms with Crippen LogP contribution in [0.15, 0.2) is 36.4 Å². The molecule has 0 aliphatic carbocycles.